The van der Waals surface area contributed by atoms with Crippen LogP contribution in [0.1, 0.15) is 22.5 Å². The molecule has 4 nitrogen and oxygen atoms in total. The normalized spacial score (nSPS) is 10.7. The van der Waals surface area contributed by atoms with Gasteiger partial charge in [-0.2, -0.15) is 5.10 Å². The highest BCUT2D eigenvalue weighted by molar-refractivity contribution is 5.40. The minimum Gasteiger partial charge on any atom is -0.487 e. The molecule has 0 bridgehead atoms. The highest BCUT2D eigenvalue weighted by Crippen LogP contribution is 2.24. The van der Waals surface area contributed by atoms with Gasteiger partial charge in [0.1, 0.15) is 12.4 Å². The number of aromatic nitrogens is 2. The van der Waals surface area contributed by atoms with Gasteiger partial charge in [-0.3, -0.25) is 4.68 Å². The van der Waals surface area contributed by atoms with Crippen molar-refractivity contribution in [3.63, 3.8) is 0 Å². The van der Waals surface area contributed by atoms with Crippen LogP contribution in [0.2, 0.25) is 0 Å². The van der Waals surface area contributed by atoms with Gasteiger partial charge in [-0.05, 0) is 25.5 Å². The molecular formula is C14H18N2O2. The van der Waals surface area contributed by atoms with Crippen molar-refractivity contribution >= 4 is 0 Å². The third kappa shape index (κ3) is 2.54. The number of rotatable bonds is 4. The molecule has 0 aliphatic rings. The molecule has 0 saturated carbocycles. The fourth-order valence-electron chi connectivity index (χ4n) is 1.99. The molecule has 0 saturated heterocycles. The maximum absolute atomic E-state index is 9.30. The summed E-state index contributed by atoms with van der Waals surface area (Å²) < 4.78 is 7.63. The zero-order valence-corrected chi connectivity index (χ0v) is 11.0. The van der Waals surface area contributed by atoms with Crippen molar-refractivity contribution in [2.45, 2.75) is 27.1 Å². The van der Waals surface area contributed by atoms with Gasteiger partial charge in [0, 0.05) is 12.6 Å². The van der Waals surface area contributed by atoms with Gasteiger partial charge in [-0.15, -0.1) is 0 Å². The number of para-hydroxylation sites is 1. The van der Waals surface area contributed by atoms with E-state index < -0.39 is 0 Å². The molecule has 1 N–H and O–H groups in total. The van der Waals surface area contributed by atoms with Crippen molar-refractivity contribution in [3.05, 3.63) is 46.8 Å². The summed E-state index contributed by atoms with van der Waals surface area (Å²) in [4.78, 5) is 0. The Kier molecular flexibility index (Phi) is 3.67. The minimum absolute atomic E-state index is 0.0125. The third-order valence-electron chi connectivity index (χ3n) is 2.93. The molecule has 0 fully saturated rings. The van der Waals surface area contributed by atoms with E-state index in [4.69, 9.17) is 4.74 Å². The average molecular weight is 246 g/mol. The van der Waals surface area contributed by atoms with E-state index in [1.165, 1.54) is 0 Å². The smallest absolute Gasteiger partial charge is 0.130 e. The zero-order chi connectivity index (χ0) is 13.1. The average Bonchev–Trinajstić information content (AvgIpc) is 2.66. The van der Waals surface area contributed by atoms with Crippen molar-refractivity contribution in [2.75, 3.05) is 0 Å². The molecule has 0 aliphatic heterocycles. The van der Waals surface area contributed by atoms with Crippen molar-refractivity contribution in [2.24, 2.45) is 7.05 Å². The maximum Gasteiger partial charge on any atom is 0.130 e. The molecule has 0 radical (unpaired) electrons. The number of hydrogen-bond acceptors (Lipinski definition) is 3. The first kappa shape index (κ1) is 12.6. The van der Waals surface area contributed by atoms with E-state index in [2.05, 4.69) is 5.10 Å². The molecule has 2 aromatic rings. The van der Waals surface area contributed by atoms with E-state index in [1.54, 1.807) is 0 Å². The predicted molar refractivity (Wildman–Crippen MR) is 69.4 cm³/mol. The zero-order valence-electron chi connectivity index (χ0n) is 11.0. The summed E-state index contributed by atoms with van der Waals surface area (Å²) in [6.45, 7) is 4.37. The van der Waals surface area contributed by atoms with Crippen LogP contribution >= 0.6 is 0 Å². The third-order valence-corrected chi connectivity index (χ3v) is 2.93. The number of aryl methyl sites for hydroxylation is 3. The van der Waals surface area contributed by atoms with Gasteiger partial charge < -0.3 is 9.84 Å². The van der Waals surface area contributed by atoms with Gasteiger partial charge in [0.15, 0.2) is 0 Å². The summed E-state index contributed by atoms with van der Waals surface area (Å²) in [6, 6.07) is 7.76. The molecule has 18 heavy (non-hydrogen) atoms. The monoisotopic (exact) mass is 246 g/mol. The van der Waals surface area contributed by atoms with Gasteiger partial charge >= 0.3 is 0 Å². The second-order valence-electron chi connectivity index (χ2n) is 4.41. The molecule has 1 aromatic carbocycles. The van der Waals surface area contributed by atoms with E-state index in [0.717, 1.165) is 28.3 Å². The fraction of sp³-hybridized carbons (Fsp3) is 0.357. The Morgan fingerprint density at radius 2 is 2.11 bits per heavy atom. The summed E-state index contributed by atoms with van der Waals surface area (Å²) in [5.41, 5.74) is 3.83. The lowest BCUT2D eigenvalue weighted by Crippen LogP contribution is -2.05. The topological polar surface area (TPSA) is 47.3 Å². The number of aliphatic hydroxyl groups excluding tert-OH is 1. The van der Waals surface area contributed by atoms with Crippen LogP contribution in [-0.4, -0.2) is 14.9 Å². The Morgan fingerprint density at radius 1 is 1.33 bits per heavy atom. The maximum atomic E-state index is 9.30. The van der Waals surface area contributed by atoms with Crippen LogP contribution in [0.15, 0.2) is 24.3 Å². The lowest BCUT2D eigenvalue weighted by atomic mass is 10.1. The Balaban J connectivity index is 2.17. The predicted octanol–water partition coefficient (Wildman–Crippen LogP) is 2.11. The summed E-state index contributed by atoms with van der Waals surface area (Å²) in [7, 11) is 1.90. The highest BCUT2D eigenvalue weighted by Gasteiger charge is 2.08. The number of aliphatic hydroxyl groups is 1. The molecule has 1 heterocycles. The van der Waals surface area contributed by atoms with Crippen molar-refractivity contribution in [1.82, 2.24) is 9.78 Å². The molecular weight excluding hydrogens is 228 g/mol. The quantitative estimate of drug-likeness (QED) is 0.898. The molecule has 0 atom stereocenters. The summed E-state index contributed by atoms with van der Waals surface area (Å²) in [5, 5.41) is 13.6. The first-order valence-corrected chi connectivity index (χ1v) is 5.93. The highest BCUT2D eigenvalue weighted by atomic mass is 16.5. The summed E-state index contributed by atoms with van der Waals surface area (Å²) in [5.74, 6) is 0.763. The van der Waals surface area contributed by atoms with Crippen LogP contribution in [0.3, 0.4) is 0 Å². The van der Waals surface area contributed by atoms with Gasteiger partial charge in [0.2, 0.25) is 0 Å². The van der Waals surface area contributed by atoms with Crippen LogP contribution in [0, 0.1) is 13.8 Å². The number of nitrogens with zero attached hydrogens (tertiary/aromatic N) is 2. The van der Waals surface area contributed by atoms with Crippen LogP contribution in [-0.2, 0) is 20.3 Å². The number of ether oxygens (including phenoxy) is 1. The largest absolute Gasteiger partial charge is 0.487 e. The minimum atomic E-state index is -0.0125. The van der Waals surface area contributed by atoms with E-state index in [0.29, 0.717) is 6.61 Å². The Morgan fingerprint density at radius 3 is 2.72 bits per heavy atom. The molecule has 96 valence electrons. The molecule has 1 aromatic heterocycles. The second kappa shape index (κ2) is 5.23. The van der Waals surface area contributed by atoms with Crippen LogP contribution in [0.25, 0.3) is 0 Å². The molecule has 0 unspecified atom stereocenters. The van der Waals surface area contributed by atoms with Gasteiger partial charge in [0.25, 0.3) is 0 Å². The van der Waals surface area contributed by atoms with Crippen molar-refractivity contribution in [3.8, 4) is 5.75 Å². The summed E-state index contributed by atoms with van der Waals surface area (Å²) in [6.07, 6.45) is 0. The first-order chi connectivity index (χ1) is 8.61. The molecule has 0 spiro atoms. The van der Waals surface area contributed by atoms with Crippen LogP contribution in [0.4, 0.5) is 0 Å². The molecule has 0 aliphatic carbocycles. The molecule has 0 amide bonds. The van der Waals surface area contributed by atoms with E-state index >= 15 is 0 Å². The van der Waals surface area contributed by atoms with E-state index in [-0.39, 0.29) is 6.61 Å². The lowest BCUT2D eigenvalue weighted by molar-refractivity contribution is 0.254. The van der Waals surface area contributed by atoms with Crippen LogP contribution in [0.5, 0.6) is 5.75 Å². The second-order valence-corrected chi connectivity index (χ2v) is 4.41. The number of hydrogen-bond donors (Lipinski definition) is 1. The Labute approximate surface area is 107 Å². The SMILES string of the molecule is Cc1cc(COc2c(C)cccc2CO)n(C)n1. The van der Waals surface area contributed by atoms with Gasteiger partial charge in [0.05, 0.1) is 18.0 Å². The lowest BCUT2D eigenvalue weighted by Gasteiger charge is -2.12. The van der Waals surface area contributed by atoms with Crippen molar-refractivity contribution < 1.29 is 9.84 Å². The Bertz CT molecular complexity index is 547. The number of benzene rings is 1. The Hall–Kier alpha value is -1.81. The van der Waals surface area contributed by atoms with Crippen LogP contribution < -0.4 is 4.74 Å². The summed E-state index contributed by atoms with van der Waals surface area (Å²) >= 11 is 0. The van der Waals surface area contributed by atoms with Gasteiger partial charge in [-0.25, -0.2) is 0 Å². The molecule has 4 heteroatoms. The van der Waals surface area contributed by atoms with Gasteiger partial charge in [-0.1, -0.05) is 18.2 Å². The molecule has 2 rings (SSSR count). The van der Waals surface area contributed by atoms with Crippen molar-refractivity contribution in [1.29, 1.82) is 0 Å². The van der Waals surface area contributed by atoms with E-state index in [9.17, 15) is 5.11 Å². The van der Waals surface area contributed by atoms with E-state index in [1.807, 2.05) is 49.8 Å². The fourth-order valence-corrected chi connectivity index (χ4v) is 1.99. The first-order valence-electron chi connectivity index (χ1n) is 5.93. The standard InChI is InChI=1S/C14H18N2O2/c1-10-5-4-6-12(8-17)14(10)18-9-13-7-11(2)15-16(13)3/h4-7,17H,8-9H2,1-3H3.